The average Bonchev–Trinajstić information content (AvgIpc) is 2.45. The highest BCUT2D eigenvalue weighted by molar-refractivity contribution is 6.01. The van der Waals surface area contributed by atoms with Gasteiger partial charge in [-0.25, -0.2) is 0 Å². The summed E-state index contributed by atoms with van der Waals surface area (Å²) in [6.45, 7) is 3.35. The summed E-state index contributed by atoms with van der Waals surface area (Å²) in [7, 11) is 0. The quantitative estimate of drug-likeness (QED) is 0.281. The van der Waals surface area contributed by atoms with Crippen LogP contribution in [0.4, 0.5) is 0 Å². The molecule has 6 heteroatoms. The number of amidine groups is 1. The lowest BCUT2D eigenvalue weighted by Gasteiger charge is -2.23. The van der Waals surface area contributed by atoms with Gasteiger partial charge in [-0.2, -0.15) is 0 Å². The number of hydrogen-bond donors (Lipinski definition) is 3. The van der Waals surface area contributed by atoms with Gasteiger partial charge in [-0.05, 0) is 32.1 Å². The molecule has 1 fully saturated rings. The van der Waals surface area contributed by atoms with E-state index in [0.29, 0.717) is 13.0 Å². The number of oxime groups is 1. The average molecular weight is 271 g/mol. The monoisotopic (exact) mass is 271 g/mol. The van der Waals surface area contributed by atoms with Crippen molar-refractivity contribution >= 4 is 11.7 Å². The molecular weight excluding hydrogens is 246 g/mol. The Morgan fingerprint density at radius 2 is 2.37 bits per heavy atom. The summed E-state index contributed by atoms with van der Waals surface area (Å²) in [5, 5.41) is 14.4. The minimum Gasteiger partial charge on any atom is -0.409 e. The Labute approximate surface area is 114 Å². The molecule has 0 aliphatic carbocycles. The normalized spacial score (nSPS) is 21.9. The van der Waals surface area contributed by atoms with Crippen LogP contribution in [0.5, 0.6) is 0 Å². The third kappa shape index (κ3) is 5.46. The molecule has 0 aromatic carbocycles. The molecule has 19 heavy (non-hydrogen) atoms. The highest BCUT2D eigenvalue weighted by atomic mass is 16.5. The molecule has 2 atom stereocenters. The number of nitrogens with two attached hydrogens (primary N) is 1. The van der Waals surface area contributed by atoms with Crippen LogP contribution in [0, 0.1) is 5.92 Å². The van der Waals surface area contributed by atoms with Gasteiger partial charge in [-0.3, -0.25) is 4.79 Å². The van der Waals surface area contributed by atoms with Crippen molar-refractivity contribution in [2.24, 2.45) is 16.8 Å². The third-order valence-corrected chi connectivity index (χ3v) is 3.41. The Kier molecular flexibility index (Phi) is 7.25. The van der Waals surface area contributed by atoms with Crippen molar-refractivity contribution in [3.8, 4) is 0 Å². The van der Waals surface area contributed by atoms with Gasteiger partial charge in [0.1, 0.15) is 0 Å². The van der Waals surface area contributed by atoms with Crippen LogP contribution in [-0.4, -0.2) is 36.2 Å². The predicted molar refractivity (Wildman–Crippen MR) is 73.0 cm³/mol. The van der Waals surface area contributed by atoms with Crippen molar-refractivity contribution in [1.29, 1.82) is 0 Å². The number of carbonyl (C=O) groups is 1. The Balaban J connectivity index is 2.31. The molecule has 6 nitrogen and oxygen atoms in total. The molecule has 1 saturated heterocycles. The zero-order valence-corrected chi connectivity index (χ0v) is 11.6. The van der Waals surface area contributed by atoms with E-state index in [0.717, 1.165) is 32.3 Å². The summed E-state index contributed by atoms with van der Waals surface area (Å²) in [4.78, 5) is 12.0. The smallest absolute Gasteiger partial charge is 0.230 e. The Morgan fingerprint density at radius 3 is 2.95 bits per heavy atom. The standard InChI is InChI=1S/C13H25N3O3/c1-2-5-11(12(14)16-18)13(17)15-8-7-10-6-3-4-9-19-10/h10-11,18H,2-9H2,1H3,(H2,14,16)(H,15,17). The molecule has 0 radical (unpaired) electrons. The molecule has 0 aromatic rings. The summed E-state index contributed by atoms with van der Waals surface area (Å²) in [5.41, 5.74) is 5.53. The second-order valence-electron chi connectivity index (χ2n) is 4.93. The minimum absolute atomic E-state index is 0.0201. The molecule has 1 amide bonds. The molecule has 1 aliphatic rings. The SMILES string of the molecule is CCCC(C(=O)NCCC1CCCCO1)C(N)=NO. The van der Waals surface area contributed by atoms with Crippen molar-refractivity contribution < 1.29 is 14.7 Å². The molecular formula is C13H25N3O3. The van der Waals surface area contributed by atoms with E-state index in [1.54, 1.807) is 0 Å². The van der Waals surface area contributed by atoms with E-state index in [2.05, 4.69) is 10.5 Å². The summed E-state index contributed by atoms with van der Waals surface area (Å²) in [5.74, 6) is -0.733. The number of hydrogen-bond acceptors (Lipinski definition) is 4. The fourth-order valence-electron chi connectivity index (χ4n) is 2.29. The van der Waals surface area contributed by atoms with E-state index in [1.165, 1.54) is 6.42 Å². The van der Waals surface area contributed by atoms with Gasteiger partial charge in [0.2, 0.25) is 5.91 Å². The molecule has 4 N–H and O–H groups in total. The Hall–Kier alpha value is -1.30. The van der Waals surface area contributed by atoms with Crippen LogP contribution < -0.4 is 11.1 Å². The lowest BCUT2D eigenvalue weighted by Crippen LogP contribution is -2.40. The number of rotatable bonds is 7. The lowest BCUT2D eigenvalue weighted by molar-refractivity contribution is -0.123. The largest absolute Gasteiger partial charge is 0.409 e. The zero-order chi connectivity index (χ0) is 14.1. The molecule has 1 aliphatic heterocycles. The minimum atomic E-state index is -0.540. The van der Waals surface area contributed by atoms with Crippen LogP contribution in [0.2, 0.25) is 0 Å². The van der Waals surface area contributed by atoms with Crippen LogP contribution in [0.3, 0.4) is 0 Å². The van der Waals surface area contributed by atoms with Crippen molar-refractivity contribution in [1.82, 2.24) is 5.32 Å². The number of nitrogens with one attached hydrogen (secondary N) is 1. The van der Waals surface area contributed by atoms with Gasteiger partial charge in [0.25, 0.3) is 0 Å². The summed E-state index contributed by atoms with van der Waals surface area (Å²) < 4.78 is 5.60. The predicted octanol–water partition coefficient (Wildman–Crippen LogP) is 1.22. The van der Waals surface area contributed by atoms with Crippen LogP contribution in [0.15, 0.2) is 5.16 Å². The van der Waals surface area contributed by atoms with Gasteiger partial charge in [0.05, 0.1) is 12.0 Å². The number of amides is 1. The fourth-order valence-corrected chi connectivity index (χ4v) is 2.29. The van der Waals surface area contributed by atoms with Gasteiger partial charge in [0, 0.05) is 13.2 Å². The number of ether oxygens (including phenoxy) is 1. The van der Waals surface area contributed by atoms with Crippen LogP contribution in [-0.2, 0) is 9.53 Å². The summed E-state index contributed by atoms with van der Waals surface area (Å²) in [6.07, 6.45) is 5.85. The van der Waals surface area contributed by atoms with Gasteiger partial charge >= 0.3 is 0 Å². The van der Waals surface area contributed by atoms with E-state index in [9.17, 15) is 4.79 Å². The molecule has 0 bridgehead atoms. The highest BCUT2D eigenvalue weighted by Crippen LogP contribution is 2.15. The van der Waals surface area contributed by atoms with E-state index in [-0.39, 0.29) is 17.8 Å². The van der Waals surface area contributed by atoms with Gasteiger partial charge in [-0.1, -0.05) is 18.5 Å². The Morgan fingerprint density at radius 1 is 1.58 bits per heavy atom. The van der Waals surface area contributed by atoms with Crippen LogP contribution in [0.25, 0.3) is 0 Å². The van der Waals surface area contributed by atoms with Gasteiger partial charge < -0.3 is 21.0 Å². The first-order valence-corrected chi connectivity index (χ1v) is 7.05. The van der Waals surface area contributed by atoms with E-state index < -0.39 is 5.92 Å². The second-order valence-corrected chi connectivity index (χ2v) is 4.93. The maximum Gasteiger partial charge on any atom is 0.230 e. The van der Waals surface area contributed by atoms with Gasteiger partial charge in [0.15, 0.2) is 5.84 Å². The molecule has 0 spiro atoms. The first-order valence-electron chi connectivity index (χ1n) is 7.05. The highest BCUT2D eigenvalue weighted by Gasteiger charge is 2.22. The van der Waals surface area contributed by atoms with Crippen LogP contribution in [0.1, 0.15) is 45.4 Å². The molecule has 1 heterocycles. The molecule has 0 saturated carbocycles. The maximum atomic E-state index is 12.0. The zero-order valence-electron chi connectivity index (χ0n) is 11.6. The third-order valence-electron chi connectivity index (χ3n) is 3.41. The molecule has 0 aromatic heterocycles. The first-order chi connectivity index (χ1) is 9.19. The van der Waals surface area contributed by atoms with Gasteiger partial charge in [-0.15, -0.1) is 0 Å². The topological polar surface area (TPSA) is 96.9 Å². The second kappa shape index (κ2) is 8.74. The van der Waals surface area contributed by atoms with E-state index >= 15 is 0 Å². The molecule has 1 rings (SSSR count). The Bertz CT molecular complexity index is 302. The molecule has 110 valence electrons. The molecule has 2 unspecified atom stereocenters. The van der Waals surface area contributed by atoms with E-state index in [1.807, 2.05) is 6.92 Å². The number of nitrogens with zero attached hydrogens (tertiary/aromatic N) is 1. The fraction of sp³-hybridized carbons (Fsp3) is 0.846. The summed E-state index contributed by atoms with van der Waals surface area (Å²) in [6, 6.07) is 0. The lowest BCUT2D eigenvalue weighted by atomic mass is 10.0. The van der Waals surface area contributed by atoms with Crippen LogP contribution >= 0.6 is 0 Å². The van der Waals surface area contributed by atoms with E-state index in [4.69, 9.17) is 15.7 Å². The van der Waals surface area contributed by atoms with Crippen molar-refractivity contribution in [2.45, 2.75) is 51.6 Å². The first kappa shape index (κ1) is 15.8. The van der Waals surface area contributed by atoms with Crippen molar-refractivity contribution in [3.05, 3.63) is 0 Å². The van der Waals surface area contributed by atoms with Crippen molar-refractivity contribution in [2.75, 3.05) is 13.2 Å². The van der Waals surface area contributed by atoms with Crippen molar-refractivity contribution in [3.63, 3.8) is 0 Å². The maximum absolute atomic E-state index is 12.0. The summed E-state index contributed by atoms with van der Waals surface area (Å²) >= 11 is 0. The number of carbonyl (C=O) groups excluding carboxylic acids is 1.